The maximum atomic E-state index is 11.7. The number of imidazole rings is 1. The highest BCUT2D eigenvalue weighted by molar-refractivity contribution is 7.89. The van der Waals surface area contributed by atoms with Crippen molar-refractivity contribution < 1.29 is 13.2 Å². The first kappa shape index (κ1) is 22.6. The summed E-state index contributed by atoms with van der Waals surface area (Å²) < 4.78 is 31.3. The van der Waals surface area contributed by atoms with Crippen LogP contribution in [0.5, 0.6) is 5.75 Å². The van der Waals surface area contributed by atoms with Gasteiger partial charge in [0, 0.05) is 13.1 Å². The third kappa shape index (κ3) is 5.51. The Kier molecular flexibility index (Phi) is 7.36. The van der Waals surface area contributed by atoms with Crippen molar-refractivity contribution in [2.45, 2.75) is 37.8 Å². The van der Waals surface area contributed by atoms with Crippen LogP contribution < -0.4 is 9.88 Å². The number of unbranched alkanes of at least 4 members (excludes halogenated alkanes) is 1. The molecule has 0 saturated heterocycles. The molecule has 7 nitrogen and oxygen atoms in total. The quantitative estimate of drug-likeness (QED) is 0.509. The van der Waals surface area contributed by atoms with Crippen LogP contribution in [0.15, 0.2) is 47.4 Å². The number of hydrogen-bond donors (Lipinski definition) is 1. The molecule has 162 valence electrons. The number of hydrogen-bond acceptors (Lipinski definition) is 5. The highest BCUT2D eigenvalue weighted by Gasteiger charge is 2.16. The predicted octanol–water partition coefficient (Wildman–Crippen LogP) is 3.65. The zero-order valence-corrected chi connectivity index (χ0v) is 18.8. The summed E-state index contributed by atoms with van der Waals surface area (Å²) in [6.45, 7) is 4.74. The summed E-state index contributed by atoms with van der Waals surface area (Å²) in [7, 11) is -1.77. The van der Waals surface area contributed by atoms with Crippen molar-refractivity contribution in [2.24, 2.45) is 5.14 Å². The maximum Gasteiger partial charge on any atom is 0.238 e. The molecule has 0 unspecified atom stereocenters. The lowest BCUT2D eigenvalue weighted by Crippen LogP contribution is -2.25. The number of primary sulfonamides is 1. The van der Waals surface area contributed by atoms with Crippen molar-refractivity contribution in [3.05, 3.63) is 53.3 Å². The standard InChI is InChI=1S/C21H27ClN4O3S/c1-3-4-11-26-19-10-9-16(30(23,27)28)14-18(19)24-21(26)15-25(2)12-13-29-20-8-6-5-7-17(20)22/h5-10,14H,3-4,11-13,15H2,1-2H3,(H2,23,27,28). The predicted molar refractivity (Wildman–Crippen MR) is 119 cm³/mol. The molecule has 1 aromatic heterocycles. The molecule has 2 N–H and O–H groups in total. The van der Waals surface area contributed by atoms with Gasteiger partial charge >= 0.3 is 0 Å². The molecule has 9 heteroatoms. The fraction of sp³-hybridized carbons (Fsp3) is 0.381. The van der Waals surface area contributed by atoms with E-state index in [1.54, 1.807) is 12.1 Å². The second-order valence-electron chi connectivity index (χ2n) is 7.25. The van der Waals surface area contributed by atoms with Gasteiger partial charge in [0.2, 0.25) is 10.0 Å². The molecule has 0 amide bonds. The molecular formula is C21H27ClN4O3S. The van der Waals surface area contributed by atoms with Crippen molar-refractivity contribution in [2.75, 3.05) is 20.2 Å². The second kappa shape index (κ2) is 9.78. The molecule has 0 saturated carbocycles. The minimum absolute atomic E-state index is 0.0724. The zero-order chi connectivity index (χ0) is 21.7. The van der Waals surface area contributed by atoms with Crippen molar-refractivity contribution in [3.8, 4) is 5.75 Å². The Hall–Kier alpha value is -2.13. The minimum Gasteiger partial charge on any atom is -0.491 e. The number of ether oxygens (including phenoxy) is 1. The van der Waals surface area contributed by atoms with Gasteiger partial charge in [-0.15, -0.1) is 0 Å². The third-order valence-electron chi connectivity index (χ3n) is 4.84. The van der Waals surface area contributed by atoms with Crippen LogP contribution >= 0.6 is 11.6 Å². The van der Waals surface area contributed by atoms with Gasteiger partial charge in [-0.05, 0) is 43.8 Å². The van der Waals surface area contributed by atoms with Gasteiger partial charge in [-0.3, -0.25) is 4.90 Å². The van der Waals surface area contributed by atoms with Gasteiger partial charge < -0.3 is 9.30 Å². The lowest BCUT2D eigenvalue weighted by molar-refractivity contribution is 0.228. The topological polar surface area (TPSA) is 90.4 Å². The summed E-state index contributed by atoms with van der Waals surface area (Å²) in [5, 5.41) is 5.86. The highest BCUT2D eigenvalue weighted by Crippen LogP contribution is 2.23. The first-order chi connectivity index (χ1) is 14.3. The van der Waals surface area contributed by atoms with Gasteiger partial charge in [0.25, 0.3) is 0 Å². The summed E-state index contributed by atoms with van der Waals surface area (Å²) in [5.41, 5.74) is 1.54. The second-order valence-corrected chi connectivity index (χ2v) is 9.21. The molecule has 1 heterocycles. The van der Waals surface area contributed by atoms with Crippen molar-refractivity contribution in [1.29, 1.82) is 0 Å². The van der Waals surface area contributed by atoms with Crippen molar-refractivity contribution >= 4 is 32.7 Å². The fourth-order valence-electron chi connectivity index (χ4n) is 3.22. The Morgan fingerprint density at radius 3 is 2.70 bits per heavy atom. The van der Waals surface area contributed by atoms with E-state index in [0.29, 0.717) is 36.0 Å². The summed E-state index contributed by atoms with van der Waals surface area (Å²) in [6, 6.07) is 12.2. The lowest BCUT2D eigenvalue weighted by atomic mass is 10.3. The average molecular weight is 451 g/mol. The number of rotatable bonds is 10. The normalized spacial score (nSPS) is 12.0. The third-order valence-corrected chi connectivity index (χ3v) is 6.06. The smallest absolute Gasteiger partial charge is 0.238 e. The molecule has 0 aliphatic heterocycles. The van der Waals surface area contributed by atoms with Crippen LogP contribution in [0.3, 0.4) is 0 Å². The van der Waals surface area contributed by atoms with E-state index in [-0.39, 0.29) is 4.90 Å². The monoisotopic (exact) mass is 450 g/mol. The zero-order valence-electron chi connectivity index (χ0n) is 17.2. The van der Waals surface area contributed by atoms with E-state index in [1.165, 1.54) is 12.1 Å². The summed E-state index contributed by atoms with van der Waals surface area (Å²) in [6.07, 6.45) is 2.06. The van der Waals surface area contributed by atoms with E-state index in [2.05, 4.69) is 16.4 Å². The van der Waals surface area contributed by atoms with E-state index in [9.17, 15) is 8.42 Å². The number of halogens is 1. The number of fused-ring (bicyclic) bond motifs is 1. The van der Waals surface area contributed by atoms with Crippen LogP contribution in [0.4, 0.5) is 0 Å². The summed E-state index contributed by atoms with van der Waals surface area (Å²) >= 11 is 6.12. The Bertz CT molecular complexity index is 1110. The SMILES string of the molecule is CCCCn1c(CN(C)CCOc2ccccc2Cl)nc2cc(S(N)(=O)=O)ccc21. The van der Waals surface area contributed by atoms with Crippen LogP contribution in [0, 0.1) is 0 Å². The Balaban J connectivity index is 1.75. The molecule has 0 spiro atoms. The number of nitrogens with two attached hydrogens (primary N) is 1. The largest absolute Gasteiger partial charge is 0.491 e. The average Bonchev–Trinajstić information content (AvgIpc) is 3.03. The minimum atomic E-state index is -3.77. The van der Waals surface area contributed by atoms with E-state index < -0.39 is 10.0 Å². The molecule has 2 aromatic carbocycles. The summed E-state index contributed by atoms with van der Waals surface area (Å²) in [4.78, 5) is 6.88. The van der Waals surface area contributed by atoms with Gasteiger partial charge in [0.1, 0.15) is 18.2 Å². The molecule has 30 heavy (non-hydrogen) atoms. The van der Waals surface area contributed by atoms with Crippen LogP contribution in [0.1, 0.15) is 25.6 Å². The molecule has 0 aliphatic carbocycles. The van der Waals surface area contributed by atoms with Gasteiger partial charge in [0.05, 0.1) is 27.5 Å². The molecule has 0 bridgehead atoms. The van der Waals surface area contributed by atoms with Crippen molar-refractivity contribution in [1.82, 2.24) is 14.5 Å². The van der Waals surface area contributed by atoms with E-state index in [4.69, 9.17) is 26.5 Å². The molecule has 3 rings (SSSR count). The number of aryl methyl sites for hydroxylation is 1. The van der Waals surface area contributed by atoms with Crippen LogP contribution in [0.25, 0.3) is 11.0 Å². The number of para-hydroxylation sites is 1. The highest BCUT2D eigenvalue weighted by atomic mass is 35.5. The van der Waals surface area contributed by atoms with E-state index in [0.717, 1.165) is 30.7 Å². The number of likely N-dealkylation sites (N-methyl/N-ethyl adjacent to an activating group) is 1. The van der Waals surface area contributed by atoms with E-state index in [1.807, 2.05) is 25.2 Å². The number of sulfonamides is 1. The maximum absolute atomic E-state index is 11.7. The number of benzene rings is 2. The lowest BCUT2D eigenvalue weighted by Gasteiger charge is -2.18. The Morgan fingerprint density at radius 2 is 2.00 bits per heavy atom. The van der Waals surface area contributed by atoms with Gasteiger partial charge in [-0.2, -0.15) is 0 Å². The van der Waals surface area contributed by atoms with Gasteiger partial charge in [0.15, 0.2) is 0 Å². The molecule has 0 fully saturated rings. The first-order valence-electron chi connectivity index (χ1n) is 9.87. The number of nitrogens with zero attached hydrogens (tertiary/aromatic N) is 3. The Labute approximate surface area is 182 Å². The fourth-order valence-corrected chi connectivity index (χ4v) is 3.94. The number of aromatic nitrogens is 2. The van der Waals surface area contributed by atoms with Crippen LogP contribution in [-0.2, 0) is 23.1 Å². The van der Waals surface area contributed by atoms with Crippen LogP contribution in [0.2, 0.25) is 5.02 Å². The first-order valence-corrected chi connectivity index (χ1v) is 11.8. The van der Waals surface area contributed by atoms with Gasteiger partial charge in [-0.25, -0.2) is 18.5 Å². The molecule has 3 aromatic rings. The van der Waals surface area contributed by atoms with Gasteiger partial charge in [-0.1, -0.05) is 37.1 Å². The van der Waals surface area contributed by atoms with E-state index >= 15 is 0 Å². The molecule has 0 aliphatic rings. The molecule has 0 atom stereocenters. The van der Waals surface area contributed by atoms with Crippen LogP contribution in [-0.4, -0.2) is 43.1 Å². The summed E-state index contributed by atoms with van der Waals surface area (Å²) in [5.74, 6) is 1.54. The van der Waals surface area contributed by atoms with Crippen molar-refractivity contribution in [3.63, 3.8) is 0 Å². The molecule has 0 radical (unpaired) electrons. The Morgan fingerprint density at radius 1 is 1.23 bits per heavy atom. The molecular weight excluding hydrogens is 424 g/mol.